The van der Waals surface area contributed by atoms with Gasteiger partial charge in [-0.2, -0.15) is 0 Å². The summed E-state index contributed by atoms with van der Waals surface area (Å²) < 4.78 is 5.27. The van der Waals surface area contributed by atoms with Gasteiger partial charge >= 0.3 is 6.09 Å². The highest BCUT2D eigenvalue weighted by atomic mass is 16.6. The molecule has 0 atom stereocenters. The van der Waals surface area contributed by atoms with Crippen molar-refractivity contribution in [3.63, 3.8) is 0 Å². The molecule has 2 aromatic rings. The molecule has 5 nitrogen and oxygen atoms in total. The molecule has 0 aliphatic rings. The van der Waals surface area contributed by atoms with Crippen LogP contribution in [-0.4, -0.2) is 19.0 Å². The van der Waals surface area contributed by atoms with E-state index in [1.54, 1.807) is 31.3 Å². The molecule has 0 aromatic heterocycles. The second-order valence-corrected chi connectivity index (χ2v) is 5.02. The zero-order valence-corrected chi connectivity index (χ0v) is 12.6. The van der Waals surface area contributed by atoms with Gasteiger partial charge in [0, 0.05) is 18.3 Å². The van der Waals surface area contributed by atoms with Gasteiger partial charge in [0.2, 0.25) is 5.91 Å². The van der Waals surface area contributed by atoms with Gasteiger partial charge in [-0.3, -0.25) is 9.69 Å². The van der Waals surface area contributed by atoms with Crippen LogP contribution in [0, 0.1) is 6.92 Å². The van der Waals surface area contributed by atoms with Gasteiger partial charge in [-0.25, -0.2) is 4.79 Å². The number of rotatable bonds is 4. The van der Waals surface area contributed by atoms with Crippen molar-refractivity contribution in [1.82, 2.24) is 0 Å². The Balaban J connectivity index is 2.03. The number of carbonyl (C=O) groups excluding carboxylic acids is 2. The molecule has 2 aromatic carbocycles. The van der Waals surface area contributed by atoms with Crippen LogP contribution in [0.2, 0.25) is 0 Å². The lowest BCUT2D eigenvalue weighted by atomic mass is 10.1. The first-order chi connectivity index (χ1) is 10.5. The fourth-order valence-electron chi connectivity index (χ4n) is 2.02. The largest absolute Gasteiger partial charge is 0.444 e. The minimum absolute atomic E-state index is 0.195. The molecule has 0 aliphatic carbocycles. The first kappa shape index (κ1) is 15.6. The van der Waals surface area contributed by atoms with E-state index in [0.717, 1.165) is 11.1 Å². The molecule has 0 saturated carbocycles. The van der Waals surface area contributed by atoms with E-state index in [4.69, 9.17) is 10.5 Å². The Morgan fingerprint density at radius 1 is 1.14 bits per heavy atom. The molecule has 0 spiro atoms. The Bertz CT molecular complexity index is 698. The number of primary amides is 1. The normalized spacial score (nSPS) is 10.1. The van der Waals surface area contributed by atoms with Crippen molar-refractivity contribution in [2.24, 2.45) is 5.73 Å². The van der Waals surface area contributed by atoms with E-state index in [1.165, 1.54) is 4.90 Å². The summed E-state index contributed by atoms with van der Waals surface area (Å²) in [5.41, 5.74) is 8.16. The molecule has 2 N–H and O–H groups in total. The zero-order chi connectivity index (χ0) is 16.1. The van der Waals surface area contributed by atoms with E-state index in [0.29, 0.717) is 11.3 Å². The predicted octanol–water partition coefficient (Wildman–Crippen LogP) is 2.87. The van der Waals surface area contributed by atoms with Gasteiger partial charge in [-0.05, 0) is 30.7 Å². The number of aryl methyl sites for hydroxylation is 1. The van der Waals surface area contributed by atoms with Crippen molar-refractivity contribution in [2.75, 3.05) is 11.9 Å². The van der Waals surface area contributed by atoms with E-state index < -0.39 is 12.0 Å². The van der Waals surface area contributed by atoms with Crippen molar-refractivity contribution < 1.29 is 14.3 Å². The van der Waals surface area contributed by atoms with Crippen LogP contribution in [0.1, 0.15) is 21.5 Å². The van der Waals surface area contributed by atoms with Crippen LogP contribution in [0.25, 0.3) is 0 Å². The highest BCUT2D eigenvalue weighted by Crippen LogP contribution is 2.16. The van der Waals surface area contributed by atoms with E-state index in [9.17, 15) is 9.59 Å². The fraction of sp³-hybridized carbons (Fsp3) is 0.176. The second-order valence-electron chi connectivity index (χ2n) is 5.02. The molecule has 0 radical (unpaired) electrons. The second kappa shape index (κ2) is 6.76. The van der Waals surface area contributed by atoms with Gasteiger partial charge in [-0.15, -0.1) is 0 Å². The lowest BCUT2D eigenvalue weighted by molar-refractivity contribution is 0.1000. The summed E-state index contributed by atoms with van der Waals surface area (Å²) in [6.45, 7) is 2.17. The fourth-order valence-corrected chi connectivity index (χ4v) is 2.02. The summed E-state index contributed by atoms with van der Waals surface area (Å²) in [5.74, 6) is -0.539. The standard InChI is InChI=1S/C17H18N2O3/c1-12-5-3-6-13(9-12)11-22-17(21)19(2)15-8-4-7-14(10-15)16(18)20/h3-10H,11H2,1-2H3,(H2,18,20). The summed E-state index contributed by atoms with van der Waals surface area (Å²) in [4.78, 5) is 24.6. The van der Waals surface area contributed by atoms with E-state index in [-0.39, 0.29) is 6.61 Å². The minimum atomic E-state index is -0.539. The summed E-state index contributed by atoms with van der Waals surface area (Å²) in [6.07, 6.45) is -0.497. The average Bonchev–Trinajstić information content (AvgIpc) is 2.52. The Labute approximate surface area is 129 Å². The average molecular weight is 298 g/mol. The van der Waals surface area contributed by atoms with E-state index in [1.807, 2.05) is 31.2 Å². The Kier molecular flexibility index (Phi) is 4.78. The molecule has 2 rings (SSSR count). The van der Waals surface area contributed by atoms with Crippen molar-refractivity contribution in [3.05, 3.63) is 65.2 Å². The van der Waals surface area contributed by atoms with Crippen LogP contribution in [0.4, 0.5) is 10.5 Å². The van der Waals surface area contributed by atoms with Gasteiger partial charge < -0.3 is 10.5 Å². The number of ether oxygens (including phenoxy) is 1. The highest BCUT2D eigenvalue weighted by Gasteiger charge is 2.13. The minimum Gasteiger partial charge on any atom is -0.444 e. The van der Waals surface area contributed by atoms with E-state index in [2.05, 4.69) is 0 Å². The third-order valence-corrected chi connectivity index (χ3v) is 3.24. The van der Waals surface area contributed by atoms with Crippen molar-refractivity contribution >= 4 is 17.7 Å². The summed E-state index contributed by atoms with van der Waals surface area (Å²) in [5, 5.41) is 0. The number of nitrogens with zero attached hydrogens (tertiary/aromatic N) is 1. The molecule has 5 heteroatoms. The Hall–Kier alpha value is -2.82. The molecule has 0 bridgehead atoms. The molecule has 0 heterocycles. The van der Waals surface area contributed by atoms with Gasteiger partial charge in [0.15, 0.2) is 0 Å². The van der Waals surface area contributed by atoms with Crippen LogP contribution >= 0.6 is 0 Å². The molecule has 0 aliphatic heterocycles. The third-order valence-electron chi connectivity index (χ3n) is 3.24. The predicted molar refractivity (Wildman–Crippen MR) is 84.7 cm³/mol. The maximum Gasteiger partial charge on any atom is 0.414 e. The number of nitrogens with two attached hydrogens (primary N) is 1. The number of anilines is 1. The maximum absolute atomic E-state index is 12.1. The van der Waals surface area contributed by atoms with E-state index >= 15 is 0 Å². The smallest absolute Gasteiger partial charge is 0.414 e. The molecule has 114 valence electrons. The lowest BCUT2D eigenvalue weighted by Crippen LogP contribution is -2.27. The van der Waals surface area contributed by atoms with Crippen LogP contribution < -0.4 is 10.6 Å². The maximum atomic E-state index is 12.1. The summed E-state index contributed by atoms with van der Waals surface area (Å²) >= 11 is 0. The van der Waals surface area contributed by atoms with Gasteiger partial charge in [0.1, 0.15) is 6.61 Å². The van der Waals surface area contributed by atoms with Crippen LogP contribution in [-0.2, 0) is 11.3 Å². The van der Waals surface area contributed by atoms with Crippen molar-refractivity contribution in [1.29, 1.82) is 0 Å². The third kappa shape index (κ3) is 3.85. The number of benzene rings is 2. The number of amides is 2. The van der Waals surface area contributed by atoms with Gasteiger partial charge in [0.05, 0.1) is 0 Å². The van der Waals surface area contributed by atoms with Crippen LogP contribution in [0.15, 0.2) is 48.5 Å². The molecular weight excluding hydrogens is 280 g/mol. The van der Waals surface area contributed by atoms with Crippen LogP contribution in [0.5, 0.6) is 0 Å². The highest BCUT2D eigenvalue weighted by molar-refractivity contribution is 5.95. The van der Waals surface area contributed by atoms with Gasteiger partial charge in [-0.1, -0.05) is 35.9 Å². The Morgan fingerprint density at radius 3 is 2.55 bits per heavy atom. The monoisotopic (exact) mass is 298 g/mol. The molecule has 2 amide bonds. The Morgan fingerprint density at radius 2 is 1.86 bits per heavy atom. The van der Waals surface area contributed by atoms with Crippen LogP contribution in [0.3, 0.4) is 0 Å². The number of hydrogen-bond acceptors (Lipinski definition) is 3. The van der Waals surface area contributed by atoms with Crippen molar-refractivity contribution in [3.8, 4) is 0 Å². The first-order valence-electron chi connectivity index (χ1n) is 6.83. The number of carbonyl (C=O) groups is 2. The van der Waals surface area contributed by atoms with Gasteiger partial charge in [0.25, 0.3) is 0 Å². The number of hydrogen-bond donors (Lipinski definition) is 1. The topological polar surface area (TPSA) is 72.6 Å². The molecule has 0 fully saturated rings. The quantitative estimate of drug-likeness (QED) is 0.943. The molecular formula is C17H18N2O3. The summed E-state index contributed by atoms with van der Waals surface area (Å²) in [6, 6.07) is 14.3. The molecule has 0 unspecified atom stereocenters. The molecule has 0 saturated heterocycles. The lowest BCUT2D eigenvalue weighted by Gasteiger charge is -2.17. The SMILES string of the molecule is Cc1cccc(COC(=O)N(C)c2cccc(C(N)=O)c2)c1. The van der Waals surface area contributed by atoms with Crippen molar-refractivity contribution in [2.45, 2.75) is 13.5 Å². The molecule has 22 heavy (non-hydrogen) atoms. The summed E-state index contributed by atoms with van der Waals surface area (Å²) in [7, 11) is 1.58. The zero-order valence-electron chi connectivity index (χ0n) is 12.6. The first-order valence-corrected chi connectivity index (χ1v) is 6.83.